The molecule has 0 aromatic heterocycles. The van der Waals surface area contributed by atoms with Crippen LogP contribution >= 0.6 is 0 Å². The van der Waals surface area contributed by atoms with Crippen molar-refractivity contribution < 1.29 is 28.6 Å². The molecule has 1 aliphatic heterocycles. The van der Waals surface area contributed by atoms with E-state index in [0.29, 0.717) is 41.7 Å². The summed E-state index contributed by atoms with van der Waals surface area (Å²) in [6.45, 7) is 7.63. The predicted molar refractivity (Wildman–Crippen MR) is 135 cm³/mol. The van der Waals surface area contributed by atoms with Crippen LogP contribution in [0.1, 0.15) is 25.3 Å². The third-order valence-electron chi connectivity index (χ3n) is 5.14. The molecule has 1 heterocycles. The lowest BCUT2D eigenvalue weighted by molar-refractivity contribution is -0.136. The molecule has 0 radical (unpaired) electrons. The Morgan fingerprint density at radius 2 is 1.75 bits per heavy atom. The van der Waals surface area contributed by atoms with E-state index in [1.165, 1.54) is 6.21 Å². The van der Waals surface area contributed by atoms with Crippen molar-refractivity contribution in [2.75, 3.05) is 38.2 Å². The first-order chi connectivity index (χ1) is 17.5. The molecule has 0 spiro atoms. The Kier molecular flexibility index (Phi) is 9.87. The van der Waals surface area contributed by atoms with Crippen LogP contribution in [0.4, 0.5) is 5.69 Å². The monoisotopic (exact) mass is 494 g/mol. The number of hydrogen-bond donors (Lipinski definition) is 2. The number of benzene rings is 2. The summed E-state index contributed by atoms with van der Waals surface area (Å²) in [4.78, 5) is 38.2. The van der Waals surface area contributed by atoms with E-state index < -0.39 is 11.8 Å². The number of carbonyl (C=O) groups is 3. The minimum absolute atomic E-state index is 0.0569. The zero-order valence-electron chi connectivity index (χ0n) is 20.2. The van der Waals surface area contributed by atoms with Gasteiger partial charge in [0, 0.05) is 18.8 Å². The molecule has 1 fully saturated rings. The molecule has 1 saturated heterocycles. The molecule has 0 atom stereocenters. The number of carbonyl (C=O) groups excluding carboxylic acids is 3. The smallest absolute Gasteiger partial charge is 0.329 e. The van der Waals surface area contributed by atoms with Crippen LogP contribution in [0, 0.1) is 0 Å². The summed E-state index contributed by atoms with van der Waals surface area (Å²) in [5, 5.41) is 6.32. The highest BCUT2D eigenvalue weighted by Crippen LogP contribution is 2.28. The SMILES string of the molecule is C=CCOc1ccc(NC(=O)C(=O)N/N=C\c2ccc(OCC(=O)N3CCCC3)c(OCC)c2)cc1. The molecular formula is C26H30N4O6. The van der Waals surface area contributed by atoms with Crippen LogP contribution in [0.2, 0.25) is 0 Å². The fraction of sp³-hybridized carbons (Fsp3) is 0.308. The van der Waals surface area contributed by atoms with Gasteiger partial charge in [-0.15, -0.1) is 0 Å². The van der Waals surface area contributed by atoms with Crippen LogP contribution in [0.25, 0.3) is 0 Å². The second kappa shape index (κ2) is 13.5. The van der Waals surface area contributed by atoms with Crippen LogP contribution < -0.4 is 25.0 Å². The van der Waals surface area contributed by atoms with E-state index in [-0.39, 0.29) is 12.5 Å². The number of rotatable bonds is 11. The summed E-state index contributed by atoms with van der Waals surface area (Å²) in [5.41, 5.74) is 3.23. The molecule has 0 bridgehead atoms. The van der Waals surface area contributed by atoms with Crippen LogP contribution in [0.15, 0.2) is 60.2 Å². The van der Waals surface area contributed by atoms with Crippen LogP contribution in [0.3, 0.4) is 0 Å². The number of nitrogens with zero attached hydrogens (tertiary/aromatic N) is 2. The third kappa shape index (κ3) is 7.86. The van der Waals surface area contributed by atoms with Gasteiger partial charge in [-0.2, -0.15) is 5.10 Å². The summed E-state index contributed by atoms with van der Waals surface area (Å²) in [6.07, 6.45) is 5.03. The summed E-state index contributed by atoms with van der Waals surface area (Å²) in [5.74, 6) is -0.357. The number of hydrazone groups is 1. The molecule has 190 valence electrons. The van der Waals surface area contributed by atoms with E-state index in [0.717, 1.165) is 25.9 Å². The van der Waals surface area contributed by atoms with E-state index in [2.05, 4.69) is 22.4 Å². The molecule has 10 heteroatoms. The molecule has 3 amide bonds. The van der Waals surface area contributed by atoms with Gasteiger partial charge in [0.1, 0.15) is 12.4 Å². The highest BCUT2D eigenvalue weighted by molar-refractivity contribution is 6.39. The summed E-state index contributed by atoms with van der Waals surface area (Å²) in [7, 11) is 0. The maximum absolute atomic E-state index is 12.2. The molecule has 0 unspecified atom stereocenters. The second-order valence-corrected chi connectivity index (χ2v) is 7.79. The number of ether oxygens (including phenoxy) is 3. The lowest BCUT2D eigenvalue weighted by Crippen LogP contribution is -2.32. The Balaban J connectivity index is 1.52. The van der Waals surface area contributed by atoms with Gasteiger partial charge in [-0.3, -0.25) is 14.4 Å². The Bertz CT molecular complexity index is 1090. The van der Waals surface area contributed by atoms with Gasteiger partial charge in [0.25, 0.3) is 5.91 Å². The Labute approximate surface area is 209 Å². The standard InChI is InChI=1S/C26H30N4O6/c1-3-15-35-21-10-8-20(9-11-21)28-25(32)26(33)29-27-17-19-7-12-22(23(16-19)34-4-2)36-18-24(31)30-13-5-6-14-30/h3,7-12,16-17H,1,4-6,13-15,18H2,2H3,(H,28,32)(H,29,33)/b27-17-. The zero-order valence-corrected chi connectivity index (χ0v) is 20.2. The number of hydrogen-bond acceptors (Lipinski definition) is 7. The number of anilines is 1. The Morgan fingerprint density at radius 1 is 1.00 bits per heavy atom. The quantitative estimate of drug-likeness (QED) is 0.215. The van der Waals surface area contributed by atoms with Gasteiger partial charge < -0.3 is 24.4 Å². The summed E-state index contributed by atoms with van der Waals surface area (Å²) < 4.78 is 16.7. The molecule has 36 heavy (non-hydrogen) atoms. The zero-order chi connectivity index (χ0) is 25.8. The van der Waals surface area contributed by atoms with Crippen molar-refractivity contribution in [2.45, 2.75) is 19.8 Å². The van der Waals surface area contributed by atoms with Crippen molar-refractivity contribution in [3.8, 4) is 17.2 Å². The van der Waals surface area contributed by atoms with Crippen molar-refractivity contribution in [2.24, 2.45) is 5.10 Å². The van der Waals surface area contributed by atoms with Crippen molar-refractivity contribution in [3.05, 3.63) is 60.7 Å². The maximum atomic E-state index is 12.2. The maximum Gasteiger partial charge on any atom is 0.329 e. The van der Waals surface area contributed by atoms with E-state index in [9.17, 15) is 14.4 Å². The first-order valence-corrected chi connectivity index (χ1v) is 11.7. The second-order valence-electron chi connectivity index (χ2n) is 7.79. The Morgan fingerprint density at radius 3 is 2.44 bits per heavy atom. The normalized spacial score (nSPS) is 12.8. The van der Waals surface area contributed by atoms with Gasteiger partial charge in [0.05, 0.1) is 12.8 Å². The van der Waals surface area contributed by atoms with Gasteiger partial charge in [-0.1, -0.05) is 12.7 Å². The van der Waals surface area contributed by atoms with E-state index in [4.69, 9.17) is 14.2 Å². The fourth-order valence-corrected chi connectivity index (χ4v) is 3.38. The number of amides is 3. The first-order valence-electron chi connectivity index (χ1n) is 11.7. The lowest BCUT2D eigenvalue weighted by atomic mass is 10.2. The number of nitrogens with one attached hydrogen (secondary N) is 2. The minimum atomic E-state index is -0.927. The molecule has 3 rings (SSSR count). The first kappa shape index (κ1) is 26.3. The van der Waals surface area contributed by atoms with Crippen molar-refractivity contribution in [1.82, 2.24) is 10.3 Å². The van der Waals surface area contributed by atoms with Crippen molar-refractivity contribution >= 4 is 29.6 Å². The van der Waals surface area contributed by atoms with Gasteiger partial charge in [-0.05, 0) is 67.8 Å². The summed E-state index contributed by atoms with van der Waals surface area (Å²) in [6, 6.07) is 11.6. The third-order valence-corrected chi connectivity index (χ3v) is 5.14. The summed E-state index contributed by atoms with van der Waals surface area (Å²) >= 11 is 0. The van der Waals surface area contributed by atoms with Crippen LogP contribution in [-0.2, 0) is 14.4 Å². The number of likely N-dealkylation sites (tertiary alicyclic amines) is 1. The van der Waals surface area contributed by atoms with E-state index >= 15 is 0 Å². The predicted octanol–water partition coefficient (Wildman–Crippen LogP) is 2.74. The largest absolute Gasteiger partial charge is 0.490 e. The fourth-order valence-electron chi connectivity index (χ4n) is 3.38. The van der Waals surface area contributed by atoms with Crippen molar-refractivity contribution in [1.29, 1.82) is 0 Å². The van der Waals surface area contributed by atoms with Gasteiger partial charge >= 0.3 is 11.8 Å². The molecule has 2 aromatic carbocycles. The van der Waals surface area contributed by atoms with E-state index in [1.54, 1.807) is 53.4 Å². The van der Waals surface area contributed by atoms with Gasteiger partial charge in [0.2, 0.25) is 0 Å². The average molecular weight is 495 g/mol. The van der Waals surface area contributed by atoms with Crippen LogP contribution in [-0.4, -0.2) is 61.7 Å². The molecule has 0 aliphatic carbocycles. The molecule has 1 aliphatic rings. The molecule has 2 N–H and O–H groups in total. The highest BCUT2D eigenvalue weighted by atomic mass is 16.5. The van der Waals surface area contributed by atoms with Gasteiger partial charge in [-0.25, -0.2) is 5.43 Å². The van der Waals surface area contributed by atoms with Gasteiger partial charge in [0.15, 0.2) is 18.1 Å². The van der Waals surface area contributed by atoms with Crippen LogP contribution in [0.5, 0.6) is 17.2 Å². The Hall–Kier alpha value is -4.34. The highest BCUT2D eigenvalue weighted by Gasteiger charge is 2.19. The molecule has 10 nitrogen and oxygen atoms in total. The topological polar surface area (TPSA) is 119 Å². The molecule has 2 aromatic rings. The minimum Gasteiger partial charge on any atom is -0.490 e. The van der Waals surface area contributed by atoms with E-state index in [1.807, 2.05) is 6.92 Å². The lowest BCUT2D eigenvalue weighted by Gasteiger charge is -2.17. The average Bonchev–Trinajstić information content (AvgIpc) is 3.43. The van der Waals surface area contributed by atoms with Crippen molar-refractivity contribution in [3.63, 3.8) is 0 Å². The molecule has 0 saturated carbocycles. The molecular weight excluding hydrogens is 464 g/mol.